The number of nitrogens with zero attached hydrogens (tertiary/aromatic N) is 1. The van der Waals surface area contributed by atoms with Crippen molar-refractivity contribution in [1.82, 2.24) is 4.98 Å². The topological polar surface area (TPSA) is 30.0 Å². The highest BCUT2D eigenvalue weighted by molar-refractivity contribution is 9.10. The SMILES string of the molecule is CC1C(=O)CCC1Sc1ncccc1Br. The average molecular weight is 286 g/mol. The first kappa shape index (κ1) is 11.1. The van der Waals surface area contributed by atoms with Crippen LogP contribution < -0.4 is 0 Å². The van der Waals surface area contributed by atoms with E-state index in [4.69, 9.17) is 0 Å². The number of Topliss-reactive ketones (excluding diaryl/α,β-unsaturated/α-hetero) is 1. The van der Waals surface area contributed by atoms with Gasteiger partial charge in [-0.05, 0) is 34.5 Å². The number of hydrogen-bond donors (Lipinski definition) is 0. The summed E-state index contributed by atoms with van der Waals surface area (Å²) in [4.78, 5) is 15.7. The van der Waals surface area contributed by atoms with Crippen LogP contribution in [0.4, 0.5) is 0 Å². The fourth-order valence-corrected chi connectivity index (χ4v) is 3.45. The van der Waals surface area contributed by atoms with Crippen LogP contribution in [0.5, 0.6) is 0 Å². The summed E-state index contributed by atoms with van der Waals surface area (Å²) >= 11 is 5.18. The number of carbonyl (C=O) groups excluding carboxylic acids is 1. The van der Waals surface area contributed by atoms with Gasteiger partial charge in [-0.2, -0.15) is 0 Å². The summed E-state index contributed by atoms with van der Waals surface area (Å²) in [7, 11) is 0. The second kappa shape index (κ2) is 4.66. The van der Waals surface area contributed by atoms with Crippen LogP contribution in [0.25, 0.3) is 0 Å². The third-order valence-corrected chi connectivity index (χ3v) is 5.13. The maximum absolute atomic E-state index is 11.4. The van der Waals surface area contributed by atoms with E-state index in [1.165, 1.54) is 0 Å². The molecule has 0 N–H and O–H groups in total. The maximum atomic E-state index is 11.4. The predicted octanol–water partition coefficient (Wildman–Crippen LogP) is 3.30. The summed E-state index contributed by atoms with van der Waals surface area (Å²) in [5.41, 5.74) is 0. The fraction of sp³-hybridized carbons (Fsp3) is 0.455. The Morgan fingerprint density at radius 2 is 2.40 bits per heavy atom. The van der Waals surface area contributed by atoms with Crippen LogP contribution in [0.3, 0.4) is 0 Å². The first-order chi connectivity index (χ1) is 7.18. The van der Waals surface area contributed by atoms with Gasteiger partial charge in [-0.1, -0.05) is 6.92 Å². The van der Waals surface area contributed by atoms with E-state index >= 15 is 0 Å². The molecule has 0 aliphatic heterocycles. The lowest BCUT2D eigenvalue weighted by Gasteiger charge is -2.13. The largest absolute Gasteiger partial charge is 0.299 e. The number of aromatic nitrogens is 1. The lowest BCUT2D eigenvalue weighted by molar-refractivity contribution is -0.120. The van der Waals surface area contributed by atoms with Crippen molar-refractivity contribution in [2.75, 3.05) is 0 Å². The summed E-state index contributed by atoms with van der Waals surface area (Å²) in [5, 5.41) is 1.38. The summed E-state index contributed by atoms with van der Waals surface area (Å²) in [6.07, 6.45) is 3.49. The molecule has 0 radical (unpaired) electrons. The van der Waals surface area contributed by atoms with E-state index in [-0.39, 0.29) is 5.92 Å². The molecule has 0 bridgehead atoms. The molecule has 80 valence electrons. The highest BCUT2D eigenvalue weighted by Gasteiger charge is 2.32. The minimum atomic E-state index is 0.170. The standard InChI is InChI=1S/C11H12BrNOS/c1-7-9(14)4-5-10(7)15-11-8(12)3-2-6-13-11/h2-3,6-7,10H,4-5H2,1H3. The zero-order valence-corrected chi connectivity index (χ0v) is 10.8. The number of pyridine rings is 1. The van der Waals surface area contributed by atoms with Crippen LogP contribution in [0.15, 0.2) is 27.8 Å². The molecule has 0 amide bonds. The lowest BCUT2D eigenvalue weighted by Crippen LogP contribution is -2.12. The van der Waals surface area contributed by atoms with Gasteiger partial charge in [0.2, 0.25) is 0 Å². The van der Waals surface area contributed by atoms with Crippen molar-refractivity contribution >= 4 is 33.5 Å². The molecule has 2 unspecified atom stereocenters. The number of thioether (sulfide) groups is 1. The van der Waals surface area contributed by atoms with E-state index in [0.717, 1.165) is 22.3 Å². The molecule has 1 heterocycles. The third-order valence-electron chi connectivity index (χ3n) is 2.73. The highest BCUT2D eigenvalue weighted by atomic mass is 79.9. The lowest BCUT2D eigenvalue weighted by atomic mass is 10.1. The van der Waals surface area contributed by atoms with Crippen LogP contribution in [0, 0.1) is 5.92 Å². The predicted molar refractivity (Wildman–Crippen MR) is 65.0 cm³/mol. The second-order valence-corrected chi connectivity index (χ2v) is 5.82. The molecule has 2 nitrogen and oxygen atoms in total. The molecule has 0 saturated heterocycles. The van der Waals surface area contributed by atoms with Crippen LogP contribution in [-0.4, -0.2) is 16.0 Å². The molecule has 4 heteroatoms. The minimum absolute atomic E-state index is 0.170. The number of carbonyl (C=O) groups is 1. The summed E-state index contributed by atoms with van der Waals surface area (Å²) in [5.74, 6) is 0.559. The van der Waals surface area contributed by atoms with Crippen molar-refractivity contribution in [2.45, 2.75) is 30.0 Å². The van der Waals surface area contributed by atoms with Crippen molar-refractivity contribution in [3.63, 3.8) is 0 Å². The van der Waals surface area contributed by atoms with Gasteiger partial charge in [-0.3, -0.25) is 4.79 Å². The van der Waals surface area contributed by atoms with Gasteiger partial charge in [0.15, 0.2) is 0 Å². The zero-order chi connectivity index (χ0) is 10.8. The van der Waals surface area contributed by atoms with Crippen LogP contribution >= 0.6 is 27.7 Å². The molecule has 1 aliphatic carbocycles. The summed E-state index contributed by atoms with van der Waals surface area (Å²) in [6.45, 7) is 2.02. The molecule has 0 aromatic carbocycles. The molecule has 1 fully saturated rings. The van der Waals surface area contributed by atoms with Crippen molar-refractivity contribution < 1.29 is 4.79 Å². The second-order valence-electron chi connectivity index (χ2n) is 3.74. The fourth-order valence-electron chi connectivity index (χ4n) is 1.73. The van der Waals surface area contributed by atoms with Gasteiger partial charge in [0, 0.05) is 28.3 Å². The molecule has 2 atom stereocenters. The monoisotopic (exact) mass is 285 g/mol. The first-order valence-corrected chi connectivity index (χ1v) is 6.65. The van der Waals surface area contributed by atoms with Gasteiger partial charge >= 0.3 is 0 Å². The smallest absolute Gasteiger partial charge is 0.136 e. The van der Waals surface area contributed by atoms with Crippen molar-refractivity contribution in [2.24, 2.45) is 5.92 Å². The Bertz CT molecular complexity index is 383. The zero-order valence-electron chi connectivity index (χ0n) is 8.44. The molecule has 1 aliphatic rings. The quantitative estimate of drug-likeness (QED) is 0.835. The van der Waals surface area contributed by atoms with E-state index in [1.807, 2.05) is 19.1 Å². The Kier molecular flexibility index (Phi) is 3.46. The van der Waals surface area contributed by atoms with Gasteiger partial charge in [-0.25, -0.2) is 4.98 Å². The van der Waals surface area contributed by atoms with Gasteiger partial charge < -0.3 is 0 Å². The van der Waals surface area contributed by atoms with Crippen molar-refractivity contribution in [3.8, 4) is 0 Å². The van der Waals surface area contributed by atoms with Crippen LogP contribution in [-0.2, 0) is 4.79 Å². The number of halogens is 1. The highest BCUT2D eigenvalue weighted by Crippen LogP contribution is 2.38. The minimum Gasteiger partial charge on any atom is -0.299 e. The summed E-state index contributed by atoms with van der Waals surface area (Å²) < 4.78 is 1.02. The van der Waals surface area contributed by atoms with Gasteiger partial charge in [0.25, 0.3) is 0 Å². The molecule has 0 spiro atoms. The molecule has 15 heavy (non-hydrogen) atoms. The normalized spacial score (nSPS) is 25.9. The summed E-state index contributed by atoms with van der Waals surface area (Å²) in [6, 6.07) is 3.88. The molecule has 1 saturated carbocycles. The van der Waals surface area contributed by atoms with Crippen LogP contribution in [0.1, 0.15) is 19.8 Å². The van der Waals surface area contributed by atoms with E-state index in [1.54, 1.807) is 18.0 Å². The molecule has 1 aromatic heterocycles. The Balaban J connectivity index is 2.10. The van der Waals surface area contributed by atoms with E-state index < -0.39 is 0 Å². The maximum Gasteiger partial charge on any atom is 0.136 e. The van der Waals surface area contributed by atoms with Crippen LogP contribution in [0.2, 0.25) is 0 Å². The molecular weight excluding hydrogens is 274 g/mol. The molecule has 2 rings (SSSR count). The molecule has 1 aromatic rings. The van der Waals surface area contributed by atoms with Crippen molar-refractivity contribution in [1.29, 1.82) is 0 Å². The van der Waals surface area contributed by atoms with E-state index in [0.29, 0.717) is 11.0 Å². The number of ketones is 1. The first-order valence-electron chi connectivity index (χ1n) is 4.98. The van der Waals surface area contributed by atoms with Gasteiger partial charge in [-0.15, -0.1) is 11.8 Å². The Morgan fingerprint density at radius 3 is 3.00 bits per heavy atom. The Hall–Kier alpha value is -0.350. The third kappa shape index (κ3) is 2.42. The average Bonchev–Trinajstić information content (AvgIpc) is 2.53. The number of hydrogen-bond acceptors (Lipinski definition) is 3. The van der Waals surface area contributed by atoms with Crippen molar-refractivity contribution in [3.05, 3.63) is 22.8 Å². The molecular formula is C11H12BrNOS. The Labute approximate surface area is 102 Å². The Morgan fingerprint density at radius 1 is 1.60 bits per heavy atom. The number of rotatable bonds is 2. The van der Waals surface area contributed by atoms with Gasteiger partial charge in [0.1, 0.15) is 10.8 Å². The van der Waals surface area contributed by atoms with E-state index in [2.05, 4.69) is 20.9 Å². The van der Waals surface area contributed by atoms with Gasteiger partial charge in [0.05, 0.1) is 0 Å². The van der Waals surface area contributed by atoms with E-state index in [9.17, 15) is 4.79 Å².